The number of esters is 3. The molecule has 0 spiro atoms. The maximum atomic E-state index is 12.6. The SMILES string of the molecule is CCOC(=O)Cc1c(C(=O)OCC)c2cc(C(=O)OC)c3cccc1n32. The molecule has 0 aliphatic heterocycles. The van der Waals surface area contributed by atoms with E-state index in [2.05, 4.69) is 0 Å². The summed E-state index contributed by atoms with van der Waals surface area (Å²) in [5.41, 5.74) is 2.91. The van der Waals surface area contributed by atoms with Gasteiger partial charge in [-0.25, -0.2) is 9.59 Å². The second-order valence-corrected chi connectivity index (χ2v) is 5.62. The van der Waals surface area contributed by atoms with Crippen LogP contribution in [-0.4, -0.2) is 42.6 Å². The highest BCUT2D eigenvalue weighted by molar-refractivity contribution is 6.09. The number of hydrogen-bond acceptors (Lipinski definition) is 6. The summed E-state index contributed by atoms with van der Waals surface area (Å²) in [4.78, 5) is 36.7. The zero-order valence-electron chi connectivity index (χ0n) is 14.8. The third-order valence-electron chi connectivity index (χ3n) is 4.17. The van der Waals surface area contributed by atoms with Crippen molar-refractivity contribution in [2.45, 2.75) is 20.3 Å². The standard InChI is InChI=1S/C19H19NO6/c1-4-25-16(21)10-11-13-7-6-8-14-12(18(22)24-3)9-15(20(13)14)17(11)19(23)26-5-2/h6-9H,4-5,10H2,1-3H3. The lowest BCUT2D eigenvalue weighted by atomic mass is 10.1. The summed E-state index contributed by atoms with van der Waals surface area (Å²) in [5, 5.41) is 0. The fraction of sp³-hybridized carbons (Fsp3) is 0.316. The molecule has 0 saturated heterocycles. The van der Waals surface area contributed by atoms with Gasteiger partial charge in [-0.2, -0.15) is 0 Å². The van der Waals surface area contributed by atoms with Crippen molar-refractivity contribution in [3.63, 3.8) is 0 Å². The van der Waals surface area contributed by atoms with Crippen LogP contribution in [0.3, 0.4) is 0 Å². The van der Waals surface area contributed by atoms with E-state index in [4.69, 9.17) is 14.2 Å². The van der Waals surface area contributed by atoms with Crippen LogP contribution in [0.1, 0.15) is 40.1 Å². The Morgan fingerprint density at radius 1 is 0.962 bits per heavy atom. The zero-order valence-corrected chi connectivity index (χ0v) is 14.8. The number of rotatable bonds is 6. The van der Waals surface area contributed by atoms with E-state index in [0.29, 0.717) is 27.7 Å². The minimum Gasteiger partial charge on any atom is -0.466 e. The van der Waals surface area contributed by atoms with E-state index < -0.39 is 17.9 Å². The van der Waals surface area contributed by atoms with Crippen molar-refractivity contribution >= 4 is 34.5 Å². The van der Waals surface area contributed by atoms with Crippen molar-refractivity contribution in [2.24, 2.45) is 0 Å². The van der Waals surface area contributed by atoms with E-state index in [1.165, 1.54) is 7.11 Å². The molecule has 3 aromatic heterocycles. The van der Waals surface area contributed by atoms with Gasteiger partial charge in [-0.3, -0.25) is 4.79 Å². The molecule has 0 saturated carbocycles. The van der Waals surface area contributed by atoms with Crippen molar-refractivity contribution < 1.29 is 28.6 Å². The normalized spacial score (nSPS) is 11.0. The molecule has 0 atom stereocenters. The summed E-state index contributed by atoms with van der Waals surface area (Å²) in [6.07, 6.45) is -0.0592. The van der Waals surface area contributed by atoms with Gasteiger partial charge in [-0.1, -0.05) is 6.07 Å². The molecule has 136 valence electrons. The van der Waals surface area contributed by atoms with Gasteiger partial charge in [-0.05, 0) is 32.0 Å². The lowest BCUT2D eigenvalue weighted by Gasteiger charge is -2.06. The summed E-state index contributed by atoms with van der Waals surface area (Å²) < 4.78 is 16.8. The number of pyridine rings is 1. The molecular formula is C19H19NO6. The molecule has 3 heterocycles. The van der Waals surface area contributed by atoms with E-state index in [1.807, 2.05) is 0 Å². The van der Waals surface area contributed by atoms with Crippen molar-refractivity contribution in [3.05, 3.63) is 41.0 Å². The van der Waals surface area contributed by atoms with E-state index >= 15 is 0 Å². The molecule has 0 amide bonds. The van der Waals surface area contributed by atoms with E-state index in [0.717, 1.165) is 0 Å². The Labute approximate surface area is 149 Å². The second kappa shape index (κ2) is 7.03. The fourth-order valence-electron chi connectivity index (χ4n) is 3.20. The molecule has 0 aliphatic rings. The average Bonchev–Trinajstić information content (AvgIpc) is 3.14. The molecule has 0 N–H and O–H groups in total. The van der Waals surface area contributed by atoms with E-state index in [9.17, 15) is 14.4 Å². The van der Waals surface area contributed by atoms with Crippen molar-refractivity contribution in [1.82, 2.24) is 4.40 Å². The highest BCUT2D eigenvalue weighted by Crippen LogP contribution is 2.33. The van der Waals surface area contributed by atoms with Crippen LogP contribution in [0, 0.1) is 0 Å². The fourth-order valence-corrected chi connectivity index (χ4v) is 3.20. The largest absolute Gasteiger partial charge is 0.466 e. The van der Waals surface area contributed by atoms with Gasteiger partial charge in [0.15, 0.2) is 0 Å². The molecule has 0 bridgehead atoms. The Balaban J connectivity index is 2.29. The molecule has 3 aromatic rings. The van der Waals surface area contributed by atoms with Crippen LogP contribution in [0.25, 0.3) is 16.6 Å². The maximum Gasteiger partial charge on any atom is 0.340 e. The summed E-state index contributed by atoms with van der Waals surface area (Å²) >= 11 is 0. The third-order valence-corrected chi connectivity index (χ3v) is 4.17. The Bertz CT molecular complexity index is 987. The average molecular weight is 357 g/mol. The molecular weight excluding hydrogens is 338 g/mol. The topological polar surface area (TPSA) is 83.3 Å². The predicted molar refractivity (Wildman–Crippen MR) is 93.7 cm³/mol. The number of nitrogens with zero attached hydrogens (tertiary/aromatic N) is 1. The predicted octanol–water partition coefficient (Wildman–Crippen LogP) is 2.60. The Morgan fingerprint density at radius 2 is 1.65 bits per heavy atom. The van der Waals surface area contributed by atoms with Gasteiger partial charge in [0, 0.05) is 5.56 Å². The number of ether oxygens (including phenoxy) is 3. The van der Waals surface area contributed by atoms with Gasteiger partial charge in [0.1, 0.15) is 0 Å². The lowest BCUT2D eigenvalue weighted by molar-refractivity contribution is -0.142. The molecule has 0 fully saturated rings. The van der Waals surface area contributed by atoms with Crippen LogP contribution in [-0.2, 0) is 25.4 Å². The lowest BCUT2D eigenvalue weighted by Crippen LogP contribution is -2.12. The Kier molecular flexibility index (Phi) is 4.79. The number of carbonyl (C=O) groups is 3. The number of carbonyl (C=O) groups excluding carboxylic acids is 3. The second-order valence-electron chi connectivity index (χ2n) is 5.62. The summed E-state index contributed by atoms with van der Waals surface area (Å²) in [7, 11) is 1.30. The molecule has 0 aromatic carbocycles. The smallest absolute Gasteiger partial charge is 0.340 e. The van der Waals surface area contributed by atoms with Gasteiger partial charge in [0.25, 0.3) is 0 Å². The van der Waals surface area contributed by atoms with Gasteiger partial charge in [0.2, 0.25) is 0 Å². The quantitative estimate of drug-likeness (QED) is 0.498. The van der Waals surface area contributed by atoms with Crippen LogP contribution >= 0.6 is 0 Å². The molecule has 0 aliphatic carbocycles. The van der Waals surface area contributed by atoms with E-state index in [-0.39, 0.29) is 25.2 Å². The van der Waals surface area contributed by atoms with Crippen molar-refractivity contribution in [1.29, 1.82) is 0 Å². The van der Waals surface area contributed by atoms with Crippen LogP contribution in [0.15, 0.2) is 24.3 Å². The van der Waals surface area contributed by atoms with Gasteiger partial charge in [-0.15, -0.1) is 0 Å². The molecule has 7 heteroatoms. The zero-order chi connectivity index (χ0) is 18.8. The van der Waals surface area contributed by atoms with Crippen molar-refractivity contribution in [3.8, 4) is 0 Å². The number of hydrogen-bond donors (Lipinski definition) is 0. The maximum absolute atomic E-state index is 12.6. The van der Waals surface area contributed by atoms with Crippen LogP contribution < -0.4 is 0 Å². The monoisotopic (exact) mass is 357 g/mol. The van der Waals surface area contributed by atoms with Gasteiger partial charge in [0.05, 0.1) is 54.4 Å². The molecule has 7 nitrogen and oxygen atoms in total. The first-order valence-electron chi connectivity index (χ1n) is 8.32. The first-order chi connectivity index (χ1) is 12.5. The first-order valence-corrected chi connectivity index (χ1v) is 8.32. The molecule has 0 unspecified atom stereocenters. The van der Waals surface area contributed by atoms with Crippen LogP contribution in [0.5, 0.6) is 0 Å². The highest BCUT2D eigenvalue weighted by atomic mass is 16.5. The summed E-state index contributed by atoms with van der Waals surface area (Å²) in [6.45, 7) is 3.88. The van der Waals surface area contributed by atoms with Crippen LogP contribution in [0.2, 0.25) is 0 Å². The molecule has 3 rings (SSSR count). The van der Waals surface area contributed by atoms with E-state index in [1.54, 1.807) is 42.5 Å². The Hall–Kier alpha value is -3.09. The minimum atomic E-state index is -0.543. The Morgan fingerprint density at radius 3 is 2.31 bits per heavy atom. The minimum absolute atomic E-state index is 0.0592. The first kappa shape index (κ1) is 17.7. The molecule has 26 heavy (non-hydrogen) atoms. The summed E-state index contributed by atoms with van der Waals surface area (Å²) in [6, 6.07) is 6.91. The van der Waals surface area contributed by atoms with Crippen LogP contribution in [0.4, 0.5) is 0 Å². The highest BCUT2D eigenvalue weighted by Gasteiger charge is 2.28. The van der Waals surface area contributed by atoms with Crippen molar-refractivity contribution in [2.75, 3.05) is 20.3 Å². The van der Waals surface area contributed by atoms with Gasteiger partial charge < -0.3 is 18.6 Å². The third kappa shape index (κ3) is 2.75. The summed E-state index contributed by atoms with van der Waals surface area (Å²) in [5.74, 6) is -1.47. The number of methoxy groups -OCH3 is 1. The van der Waals surface area contributed by atoms with Gasteiger partial charge >= 0.3 is 17.9 Å². The number of aromatic nitrogens is 1. The molecule has 0 radical (unpaired) electrons.